The van der Waals surface area contributed by atoms with Gasteiger partial charge in [-0.1, -0.05) is 159 Å². The first-order valence-electron chi connectivity index (χ1n) is 22.9. The first kappa shape index (κ1) is 54.5. The summed E-state index contributed by atoms with van der Waals surface area (Å²) in [5.41, 5.74) is 0. The van der Waals surface area contributed by atoms with Crippen LogP contribution in [-0.4, -0.2) is 75.6 Å². The van der Waals surface area contributed by atoms with E-state index >= 15 is 0 Å². The van der Waals surface area contributed by atoms with Gasteiger partial charge in [-0.2, -0.15) is 0 Å². The third-order valence-electron chi connectivity index (χ3n) is 9.62. The Labute approximate surface area is 346 Å². The molecule has 2 unspecified atom stereocenters. The molecule has 0 rings (SSSR count). The summed E-state index contributed by atoms with van der Waals surface area (Å²) >= 11 is 0. The van der Waals surface area contributed by atoms with Crippen LogP contribution >= 0.6 is 7.82 Å². The Bertz CT molecular complexity index is 1040. The molecular weight excluding hydrogens is 721 g/mol. The van der Waals surface area contributed by atoms with Crippen LogP contribution in [0.4, 0.5) is 0 Å². The molecule has 2 atom stereocenters. The molecule has 56 heavy (non-hydrogen) atoms. The van der Waals surface area contributed by atoms with Crippen molar-refractivity contribution in [3.63, 3.8) is 0 Å². The van der Waals surface area contributed by atoms with E-state index in [4.69, 9.17) is 18.5 Å². The van der Waals surface area contributed by atoms with Gasteiger partial charge in [0.15, 0.2) is 0 Å². The zero-order valence-corrected chi connectivity index (χ0v) is 38.0. The van der Waals surface area contributed by atoms with Gasteiger partial charge in [0.25, 0.3) is 0 Å². The molecule has 0 aliphatic rings. The molecule has 0 radical (unpaired) electrons. The van der Waals surface area contributed by atoms with Crippen molar-refractivity contribution >= 4 is 13.8 Å². The lowest BCUT2D eigenvalue weighted by molar-refractivity contribution is -0.870. The van der Waals surface area contributed by atoms with E-state index < -0.39 is 13.9 Å². The van der Waals surface area contributed by atoms with Gasteiger partial charge in [0.1, 0.15) is 19.3 Å². The fourth-order valence-corrected chi connectivity index (χ4v) is 6.83. The number of hydrogen-bond acceptors (Lipinski definition) is 6. The highest BCUT2D eigenvalue weighted by Gasteiger charge is 2.26. The van der Waals surface area contributed by atoms with Crippen molar-refractivity contribution in [3.8, 4) is 0 Å². The third-order valence-corrected chi connectivity index (χ3v) is 10.6. The molecule has 0 aromatic heterocycles. The molecule has 9 heteroatoms. The van der Waals surface area contributed by atoms with Crippen molar-refractivity contribution in [2.45, 2.75) is 193 Å². The van der Waals surface area contributed by atoms with Gasteiger partial charge in [-0.15, -0.1) is 0 Å². The smallest absolute Gasteiger partial charge is 0.457 e. The van der Waals surface area contributed by atoms with Crippen LogP contribution in [0.1, 0.15) is 187 Å². The summed E-state index contributed by atoms with van der Waals surface area (Å²) < 4.78 is 35.0. The van der Waals surface area contributed by atoms with Crippen LogP contribution in [0.2, 0.25) is 0 Å². The number of allylic oxidation sites excluding steroid dienone is 8. The van der Waals surface area contributed by atoms with E-state index in [1.807, 2.05) is 21.1 Å². The van der Waals surface area contributed by atoms with Crippen molar-refractivity contribution in [2.75, 3.05) is 54.1 Å². The van der Waals surface area contributed by atoms with Crippen LogP contribution in [0, 0.1) is 0 Å². The van der Waals surface area contributed by atoms with E-state index in [0.29, 0.717) is 24.1 Å². The maximum atomic E-state index is 12.7. The molecule has 0 saturated carbocycles. The molecule has 0 heterocycles. The van der Waals surface area contributed by atoms with Gasteiger partial charge in [0.2, 0.25) is 0 Å². The van der Waals surface area contributed by atoms with E-state index in [-0.39, 0.29) is 25.8 Å². The van der Waals surface area contributed by atoms with Gasteiger partial charge in [0.05, 0.1) is 34.4 Å². The predicted molar refractivity (Wildman–Crippen MR) is 238 cm³/mol. The molecule has 0 aliphatic carbocycles. The lowest BCUT2D eigenvalue weighted by Gasteiger charge is -2.24. The number of esters is 1. The second-order valence-corrected chi connectivity index (χ2v) is 17.9. The number of unbranched alkanes of at least 4 members (excludes halogenated alkanes) is 20. The number of hydrogen-bond donors (Lipinski definition) is 1. The molecule has 0 bridgehead atoms. The normalized spacial score (nSPS) is 14.2. The molecule has 0 aromatic rings. The van der Waals surface area contributed by atoms with Crippen LogP contribution < -0.4 is 0 Å². The van der Waals surface area contributed by atoms with Gasteiger partial charge >= 0.3 is 13.8 Å². The number of ether oxygens (including phenoxy) is 2. The molecule has 0 amide bonds. The van der Waals surface area contributed by atoms with E-state index in [0.717, 1.165) is 64.2 Å². The van der Waals surface area contributed by atoms with Gasteiger partial charge in [-0.05, 0) is 70.6 Å². The lowest BCUT2D eigenvalue weighted by Crippen LogP contribution is -2.37. The topological polar surface area (TPSA) is 91.3 Å². The lowest BCUT2D eigenvalue weighted by atomic mass is 10.1. The zero-order valence-electron chi connectivity index (χ0n) is 37.1. The van der Waals surface area contributed by atoms with E-state index in [1.54, 1.807) is 0 Å². The van der Waals surface area contributed by atoms with E-state index in [1.165, 1.54) is 103 Å². The number of carbonyl (C=O) groups is 1. The second-order valence-electron chi connectivity index (χ2n) is 16.4. The summed E-state index contributed by atoms with van der Waals surface area (Å²) in [6, 6.07) is 0. The Hall–Kier alpha value is -1.54. The molecule has 328 valence electrons. The molecule has 0 fully saturated rings. The summed E-state index contributed by atoms with van der Waals surface area (Å²) in [6.45, 7) is 5.48. The Morgan fingerprint density at radius 1 is 0.571 bits per heavy atom. The first-order chi connectivity index (χ1) is 27.1. The average Bonchev–Trinajstić information content (AvgIpc) is 3.15. The number of likely N-dealkylation sites (N-methyl/N-ethyl adjacent to an activating group) is 1. The zero-order chi connectivity index (χ0) is 41.3. The van der Waals surface area contributed by atoms with Crippen LogP contribution in [0.15, 0.2) is 48.6 Å². The Morgan fingerprint density at radius 3 is 1.57 bits per heavy atom. The molecule has 0 saturated heterocycles. The number of phosphoric acid groups is 1. The maximum Gasteiger partial charge on any atom is 0.472 e. The van der Waals surface area contributed by atoms with Crippen LogP contribution in [0.3, 0.4) is 0 Å². The summed E-state index contributed by atoms with van der Waals surface area (Å²) in [4.78, 5) is 22.9. The average molecular weight is 811 g/mol. The number of nitrogens with zero attached hydrogens (tertiary/aromatic N) is 1. The molecular formula is C47H89NO7P+. The molecule has 0 aliphatic heterocycles. The molecule has 0 spiro atoms. The van der Waals surface area contributed by atoms with Crippen molar-refractivity contribution < 1.29 is 37.3 Å². The fourth-order valence-electron chi connectivity index (χ4n) is 6.09. The van der Waals surface area contributed by atoms with Gasteiger partial charge in [-0.25, -0.2) is 4.57 Å². The van der Waals surface area contributed by atoms with Gasteiger partial charge in [0, 0.05) is 13.0 Å². The predicted octanol–water partition coefficient (Wildman–Crippen LogP) is 13.6. The summed E-state index contributed by atoms with van der Waals surface area (Å²) in [6.07, 6.45) is 48.6. The third kappa shape index (κ3) is 43.6. The minimum atomic E-state index is -4.28. The minimum absolute atomic E-state index is 0.0837. The Balaban J connectivity index is 4.24. The molecule has 0 aromatic carbocycles. The minimum Gasteiger partial charge on any atom is -0.457 e. The quantitative estimate of drug-likeness (QED) is 0.0216. The van der Waals surface area contributed by atoms with Gasteiger partial charge in [-0.3, -0.25) is 13.8 Å². The summed E-state index contributed by atoms with van der Waals surface area (Å²) in [7, 11) is 1.65. The number of quaternary nitrogens is 1. The highest BCUT2D eigenvalue weighted by molar-refractivity contribution is 7.47. The highest BCUT2D eigenvalue weighted by atomic mass is 31.2. The second kappa shape index (κ2) is 40.2. The SMILES string of the molecule is CC/C=C\C/C=C\C/C=C\CCCCCCCCOCC(COP(=O)(O)OCC[N+](C)(C)C)OC(=O)CCCCCCCCC/C=C\CCCCCCCCC. The monoisotopic (exact) mass is 811 g/mol. The van der Waals surface area contributed by atoms with Crippen LogP contribution in [0.25, 0.3) is 0 Å². The maximum absolute atomic E-state index is 12.7. The fraction of sp³-hybridized carbons (Fsp3) is 0.809. The summed E-state index contributed by atoms with van der Waals surface area (Å²) in [5.74, 6) is -0.324. The van der Waals surface area contributed by atoms with Gasteiger partial charge < -0.3 is 18.9 Å². The highest BCUT2D eigenvalue weighted by Crippen LogP contribution is 2.43. The molecule has 8 nitrogen and oxygen atoms in total. The van der Waals surface area contributed by atoms with Crippen molar-refractivity contribution in [3.05, 3.63) is 48.6 Å². The van der Waals surface area contributed by atoms with E-state index in [2.05, 4.69) is 62.5 Å². The Morgan fingerprint density at radius 2 is 1.04 bits per heavy atom. The first-order valence-corrected chi connectivity index (χ1v) is 24.4. The van der Waals surface area contributed by atoms with Crippen molar-refractivity contribution in [1.82, 2.24) is 0 Å². The standard InChI is InChI=1S/C47H88NO7P/c1-6-8-10-12-14-16-18-20-22-24-25-26-28-30-32-34-36-38-40-47(49)55-46(45-54-56(50,51)53-43-41-48(3,4)5)44-52-42-39-37-35-33-31-29-27-23-21-19-17-15-13-11-9-7-2/h9,11,15,17,21-24,46H,6-8,10,12-14,16,18-20,25-45H2,1-5H3/p+1/b11-9-,17-15-,23-21-,24-22-. The number of phosphoric ester groups is 1. The van der Waals surface area contributed by atoms with Crippen LogP contribution in [-0.2, 0) is 27.9 Å². The Kier molecular flexibility index (Phi) is 39.1. The largest absolute Gasteiger partial charge is 0.472 e. The van der Waals surface area contributed by atoms with Crippen molar-refractivity contribution in [1.29, 1.82) is 0 Å². The molecule has 1 N–H and O–H groups in total. The van der Waals surface area contributed by atoms with E-state index in [9.17, 15) is 14.3 Å². The number of carbonyl (C=O) groups excluding carboxylic acids is 1. The van der Waals surface area contributed by atoms with Crippen LogP contribution in [0.5, 0.6) is 0 Å². The summed E-state index contributed by atoms with van der Waals surface area (Å²) in [5, 5.41) is 0. The number of rotatable bonds is 42. The van der Waals surface area contributed by atoms with Crippen molar-refractivity contribution in [2.24, 2.45) is 0 Å².